The Bertz CT molecular complexity index is 514. The van der Waals surface area contributed by atoms with Crippen molar-refractivity contribution in [2.75, 3.05) is 20.1 Å². The molecule has 5 nitrogen and oxygen atoms in total. The van der Waals surface area contributed by atoms with Crippen LogP contribution in [0.4, 0.5) is 0 Å². The number of hydrogen-bond donors (Lipinski definition) is 2. The zero-order chi connectivity index (χ0) is 15.3. The molecule has 0 aliphatic carbocycles. The van der Waals surface area contributed by atoms with Gasteiger partial charge in [-0.25, -0.2) is 0 Å². The van der Waals surface area contributed by atoms with Crippen LogP contribution in [0.3, 0.4) is 0 Å². The summed E-state index contributed by atoms with van der Waals surface area (Å²) in [6.07, 6.45) is 3.71. The van der Waals surface area contributed by atoms with Crippen LogP contribution >= 0.6 is 11.3 Å². The van der Waals surface area contributed by atoms with E-state index in [9.17, 15) is 8.42 Å². The van der Waals surface area contributed by atoms with Gasteiger partial charge in [-0.2, -0.15) is 28.8 Å². The highest BCUT2D eigenvalue weighted by atomic mass is 32.2. The quantitative estimate of drug-likeness (QED) is 0.797. The number of nitrogens with zero attached hydrogens (tertiary/aromatic N) is 1. The summed E-state index contributed by atoms with van der Waals surface area (Å²) in [5.74, 6) is 0. The molecule has 120 valence electrons. The summed E-state index contributed by atoms with van der Waals surface area (Å²) in [5, 5.41) is 7.18. The Balaban J connectivity index is 1.98. The van der Waals surface area contributed by atoms with Gasteiger partial charge in [0.1, 0.15) is 0 Å². The third-order valence-electron chi connectivity index (χ3n) is 3.79. The van der Waals surface area contributed by atoms with E-state index in [4.69, 9.17) is 0 Å². The molecular weight excluding hydrogens is 306 g/mol. The van der Waals surface area contributed by atoms with Gasteiger partial charge < -0.3 is 5.32 Å². The van der Waals surface area contributed by atoms with Crippen LogP contribution in [0.5, 0.6) is 0 Å². The van der Waals surface area contributed by atoms with Crippen molar-refractivity contribution in [2.45, 2.75) is 44.7 Å². The van der Waals surface area contributed by atoms with Gasteiger partial charge in [0.15, 0.2) is 0 Å². The van der Waals surface area contributed by atoms with Crippen LogP contribution in [0.1, 0.15) is 31.7 Å². The van der Waals surface area contributed by atoms with Crippen LogP contribution < -0.4 is 10.0 Å². The Labute approximate surface area is 131 Å². The lowest BCUT2D eigenvalue weighted by Gasteiger charge is -2.35. The van der Waals surface area contributed by atoms with E-state index in [1.54, 1.807) is 15.6 Å². The first-order valence-electron chi connectivity index (χ1n) is 7.47. The van der Waals surface area contributed by atoms with Crippen molar-refractivity contribution in [3.05, 3.63) is 22.4 Å². The van der Waals surface area contributed by atoms with E-state index in [0.29, 0.717) is 13.1 Å². The lowest BCUT2D eigenvalue weighted by molar-refractivity contribution is 0.245. The maximum atomic E-state index is 12.6. The number of nitrogens with one attached hydrogen (secondary N) is 2. The minimum Gasteiger partial charge on any atom is -0.318 e. The summed E-state index contributed by atoms with van der Waals surface area (Å²) in [5.41, 5.74) is 1.18. The Morgan fingerprint density at radius 2 is 2.29 bits per heavy atom. The van der Waals surface area contributed by atoms with Gasteiger partial charge in [-0.1, -0.05) is 6.42 Å². The fraction of sp³-hybridized carbons (Fsp3) is 0.714. The molecule has 1 fully saturated rings. The van der Waals surface area contributed by atoms with Crippen molar-refractivity contribution in [1.82, 2.24) is 14.3 Å². The van der Waals surface area contributed by atoms with Crippen LogP contribution in [0, 0.1) is 0 Å². The van der Waals surface area contributed by atoms with Crippen molar-refractivity contribution >= 4 is 21.5 Å². The van der Waals surface area contributed by atoms with E-state index in [2.05, 4.69) is 15.4 Å². The second-order valence-electron chi connectivity index (χ2n) is 5.68. The second-order valence-corrected chi connectivity index (χ2v) is 8.11. The Morgan fingerprint density at radius 3 is 2.95 bits per heavy atom. The van der Waals surface area contributed by atoms with Gasteiger partial charge in [0, 0.05) is 25.2 Å². The minimum atomic E-state index is -3.41. The third-order valence-corrected chi connectivity index (χ3v) is 6.32. The van der Waals surface area contributed by atoms with Crippen molar-refractivity contribution in [3.8, 4) is 0 Å². The van der Waals surface area contributed by atoms with E-state index in [1.165, 1.54) is 5.56 Å². The highest BCUT2D eigenvalue weighted by molar-refractivity contribution is 7.87. The molecule has 1 aromatic rings. The molecule has 0 radical (unpaired) electrons. The van der Waals surface area contributed by atoms with Crippen molar-refractivity contribution in [2.24, 2.45) is 0 Å². The molecule has 2 heterocycles. The Kier molecular flexibility index (Phi) is 6.19. The van der Waals surface area contributed by atoms with Gasteiger partial charge >= 0.3 is 0 Å². The molecule has 1 saturated heterocycles. The highest BCUT2D eigenvalue weighted by Gasteiger charge is 2.32. The molecule has 0 aromatic carbocycles. The molecule has 0 spiro atoms. The lowest BCUT2D eigenvalue weighted by Crippen LogP contribution is -2.53. The predicted molar refractivity (Wildman–Crippen MR) is 87.8 cm³/mol. The number of rotatable bonds is 7. The van der Waals surface area contributed by atoms with E-state index in [-0.39, 0.29) is 12.1 Å². The Hall–Kier alpha value is -0.470. The molecule has 2 N–H and O–H groups in total. The van der Waals surface area contributed by atoms with Crippen LogP contribution in [0.25, 0.3) is 0 Å². The average molecular weight is 332 g/mol. The zero-order valence-electron chi connectivity index (χ0n) is 12.7. The fourth-order valence-corrected chi connectivity index (χ4v) is 5.21. The van der Waals surface area contributed by atoms with Crippen LogP contribution in [0.2, 0.25) is 0 Å². The monoisotopic (exact) mass is 331 g/mol. The number of thiophene rings is 1. The van der Waals surface area contributed by atoms with Crippen molar-refractivity contribution < 1.29 is 8.42 Å². The van der Waals surface area contributed by atoms with Crippen LogP contribution in [-0.4, -0.2) is 44.9 Å². The van der Waals surface area contributed by atoms with E-state index >= 15 is 0 Å². The first-order chi connectivity index (χ1) is 10.0. The summed E-state index contributed by atoms with van der Waals surface area (Å²) in [7, 11) is -1.54. The number of likely N-dealkylation sites (N-methyl/N-ethyl adjacent to an activating group) is 1. The van der Waals surface area contributed by atoms with Gasteiger partial charge in [0.05, 0.1) is 0 Å². The molecule has 2 unspecified atom stereocenters. The maximum Gasteiger partial charge on any atom is 0.279 e. The van der Waals surface area contributed by atoms with Gasteiger partial charge in [0.2, 0.25) is 0 Å². The molecular formula is C14H25N3O2S2. The lowest BCUT2D eigenvalue weighted by atomic mass is 10.1. The van der Waals surface area contributed by atoms with Gasteiger partial charge in [-0.3, -0.25) is 0 Å². The molecule has 2 rings (SSSR count). The molecule has 0 bridgehead atoms. The molecule has 1 aliphatic heterocycles. The molecule has 1 aliphatic rings. The Morgan fingerprint density at radius 1 is 1.48 bits per heavy atom. The smallest absolute Gasteiger partial charge is 0.279 e. The average Bonchev–Trinajstić information content (AvgIpc) is 2.91. The minimum absolute atomic E-state index is 0.0644. The molecule has 0 amide bonds. The predicted octanol–water partition coefficient (Wildman–Crippen LogP) is 1.59. The van der Waals surface area contributed by atoms with E-state index in [0.717, 1.165) is 25.7 Å². The summed E-state index contributed by atoms with van der Waals surface area (Å²) in [6, 6.07) is 2.01. The molecule has 7 heteroatoms. The summed E-state index contributed by atoms with van der Waals surface area (Å²) >= 11 is 1.64. The van der Waals surface area contributed by atoms with Crippen LogP contribution in [0.15, 0.2) is 16.8 Å². The fourth-order valence-electron chi connectivity index (χ4n) is 2.86. The van der Waals surface area contributed by atoms with Crippen molar-refractivity contribution in [3.63, 3.8) is 0 Å². The first kappa shape index (κ1) is 16.9. The standard InChI is InChI=1S/C14H25N3O2S2/c1-12(9-13-6-8-20-11-13)16-21(18,19)17-7-4-3-5-14(17)10-15-2/h6,8,11-12,14-16H,3-5,7,9-10H2,1-2H3. The van der Waals surface area contributed by atoms with Gasteiger partial charge in [-0.15, -0.1) is 0 Å². The van der Waals surface area contributed by atoms with E-state index < -0.39 is 10.2 Å². The summed E-state index contributed by atoms with van der Waals surface area (Å²) < 4.78 is 29.7. The SMILES string of the molecule is CNCC1CCCCN1S(=O)(=O)NC(C)Cc1ccsc1. The van der Waals surface area contributed by atoms with Gasteiger partial charge in [0.25, 0.3) is 10.2 Å². The molecule has 21 heavy (non-hydrogen) atoms. The molecule has 0 saturated carbocycles. The second kappa shape index (κ2) is 7.69. The highest BCUT2D eigenvalue weighted by Crippen LogP contribution is 2.20. The topological polar surface area (TPSA) is 61.4 Å². The summed E-state index contributed by atoms with van der Waals surface area (Å²) in [6.45, 7) is 3.25. The zero-order valence-corrected chi connectivity index (χ0v) is 14.3. The number of piperidine rings is 1. The molecule has 1 aromatic heterocycles. The van der Waals surface area contributed by atoms with Crippen LogP contribution in [-0.2, 0) is 16.6 Å². The normalized spacial score (nSPS) is 22.3. The van der Waals surface area contributed by atoms with Gasteiger partial charge in [-0.05, 0) is 55.6 Å². The number of hydrogen-bond acceptors (Lipinski definition) is 4. The van der Waals surface area contributed by atoms with Crippen molar-refractivity contribution in [1.29, 1.82) is 0 Å². The summed E-state index contributed by atoms with van der Waals surface area (Å²) in [4.78, 5) is 0. The maximum absolute atomic E-state index is 12.6. The first-order valence-corrected chi connectivity index (χ1v) is 9.86. The molecule has 2 atom stereocenters. The largest absolute Gasteiger partial charge is 0.318 e. The third kappa shape index (κ3) is 4.75. The van der Waals surface area contributed by atoms with E-state index in [1.807, 2.05) is 25.4 Å².